The minimum atomic E-state index is -0.466. The Labute approximate surface area is 128 Å². The molecule has 0 bridgehead atoms. The summed E-state index contributed by atoms with van der Waals surface area (Å²) in [5.74, 6) is -0.283. The van der Waals surface area contributed by atoms with Gasteiger partial charge >= 0.3 is 0 Å². The molecule has 0 saturated heterocycles. The number of non-ortho nitro benzene ring substituents is 1. The Morgan fingerprint density at radius 1 is 1.14 bits per heavy atom. The van der Waals surface area contributed by atoms with Gasteiger partial charge in [0.25, 0.3) is 5.69 Å². The SMILES string of the molecule is Cc1ccc(NC(=O)C=Cc2cccc([N+](=O)[O-])c2)cc1C. The standard InChI is InChI=1S/C17H16N2O3/c1-12-6-8-15(10-13(12)2)18-17(20)9-7-14-4-3-5-16(11-14)19(21)22/h3-11H,1-2H3,(H,18,20). The highest BCUT2D eigenvalue weighted by Crippen LogP contribution is 2.15. The number of nitrogens with zero attached hydrogens (tertiary/aromatic N) is 1. The summed E-state index contributed by atoms with van der Waals surface area (Å²) in [6.07, 6.45) is 2.90. The lowest BCUT2D eigenvalue weighted by Gasteiger charge is -2.05. The molecular weight excluding hydrogens is 280 g/mol. The molecule has 112 valence electrons. The maximum Gasteiger partial charge on any atom is 0.270 e. The van der Waals surface area contributed by atoms with Crippen molar-refractivity contribution in [1.29, 1.82) is 0 Å². The van der Waals surface area contributed by atoms with Crippen LogP contribution in [0.5, 0.6) is 0 Å². The highest BCUT2D eigenvalue weighted by molar-refractivity contribution is 6.02. The van der Waals surface area contributed by atoms with Crippen molar-refractivity contribution in [3.63, 3.8) is 0 Å². The van der Waals surface area contributed by atoms with Crippen molar-refractivity contribution >= 4 is 23.4 Å². The smallest absolute Gasteiger partial charge is 0.270 e. The third-order valence-electron chi connectivity index (χ3n) is 3.28. The molecule has 0 spiro atoms. The second-order valence-electron chi connectivity index (χ2n) is 4.97. The van der Waals surface area contributed by atoms with E-state index in [2.05, 4.69) is 5.32 Å². The molecule has 0 aliphatic carbocycles. The maximum absolute atomic E-state index is 11.9. The summed E-state index contributed by atoms with van der Waals surface area (Å²) in [6, 6.07) is 11.8. The molecule has 1 amide bonds. The average Bonchev–Trinajstić information content (AvgIpc) is 2.49. The number of aryl methyl sites for hydroxylation is 2. The molecule has 0 saturated carbocycles. The predicted octanol–water partition coefficient (Wildman–Crippen LogP) is 3.86. The monoisotopic (exact) mass is 296 g/mol. The third-order valence-corrected chi connectivity index (χ3v) is 3.28. The zero-order valence-corrected chi connectivity index (χ0v) is 12.4. The molecule has 0 atom stereocenters. The Morgan fingerprint density at radius 3 is 2.59 bits per heavy atom. The molecule has 0 fully saturated rings. The fraction of sp³-hybridized carbons (Fsp3) is 0.118. The predicted molar refractivity (Wildman–Crippen MR) is 86.7 cm³/mol. The van der Waals surface area contributed by atoms with Gasteiger partial charge in [-0.15, -0.1) is 0 Å². The second kappa shape index (κ2) is 6.67. The van der Waals surface area contributed by atoms with Gasteiger partial charge in [-0.2, -0.15) is 0 Å². The average molecular weight is 296 g/mol. The first-order valence-corrected chi connectivity index (χ1v) is 6.76. The Hall–Kier alpha value is -2.95. The number of nitro groups is 1. The van der Waals surface area contributed by atoms with Gasteiger partial charge in [0.1, 0.15) is 0 Å². The van der Waals surface area contributed by atoms with Crippen molar-refractivity contribution in [3.05, 3.63) is 75.3 Å². The summed E-state index contributed by atoms with van der Waals surface area (Å²) >= 11 is 0. The van der Waals surface area contributed by atoms with E-state index in [1.54, 1.807) is 18.2 Å². The van der Waals surface area contributed by atoms with Crippen molar-refractivity contribution in [2.24, 2.45) is 0 Å². The van der Waals surface area contributed by atoms with Gasteiger partial charge in [-0.25, -0.2) is 0 Å². The molecule has 0 unspecified atom stereocenters. The van der Waals surface area contributed by atoms with Crippen molar-refractivity contribution in [2.45, 2.75) is 13.8 Å². The summed E-state index contributed by atoms with van der Waals surface area (Å²) in [6.45, 7) is 3.98. The van der Waals surface area contributed by atoms with E-state index < -0.39 is 4.92 Å². The van der Waals surface area contributed by atoms with Gasteiger partial charge in [0, 0.05) is 23.9 Å². The summed E-state index contributed by atoms with van der Waals surface area (Å²) in [5.41, 5.74) is 3.57. The van der Waals surface area contributed by atoms with Crippen molar-refractivity contribution in [3.8, 4) is 0 Å². The van der Waals surface area contributed by atoms with Crippen LogP contribution in [0.2, 0.25) is 0 Å². The Bertz CT molecular complexity index is 751. The molecule has 0 heterocycles. The summed E-state index contributed by atoms with van der Waals surface area (Å²) in [7, 11) is 0. The number of carbonyl (C=O) groups is 1. The first-order valence-electron chi connectivity index (χ1n) is 6.76. The maximum atomic E-state index is 11.9. The van der Waals surface area contributed by atoms with E-state index >= 15 is 0 Å². The van der Waals surface area contributed by atoms with Gasteiger partial charge in [-0.3, -0.25) is 14.9 Å². The zero-order chi connectivity index (χ0) is 16.1. The second-order valence-corrected chi connectivity index (χ2v) is 4.97. The van der Waals surface area contributed by atoms with Crippen LogP contribution < -0.4 is 5.32 Å². The number of hydrogen-bond acceptors (Lipinski definition) is 3. The summed E-state index contributed by atoms with van der Waals surface area (Å²) < 4.78 is 0. The molecule has 1 N–H and O–H groups in total. The zero-order valence-electron chi connectivity index (χ0n) is 12.4. The quantitative estimate of drug-likeness (QED) is 0.529. The van der Waals surface area contributed by atoms with Crippen molar-refractivity contribution < 1.29 is 9.72 Å². The number of amides is 1. The molecule has 0 aliphatic rings. The van der Waals surface area contributed by atoms with Crippen LogP contribution in [-0.2, 0) is 4.79 Å². The van der Waals surface area contributed by atoms with Crippen LogP contribution in [0, 0.1) is 24.0 Å². The minimum absolute atomic E-state index is 0.00304. The topological polar surface area (TPSA) is 72.2 Å². The molecule has 2 aromatic carbocycles. The molecule has 2 aromatic rings. The van der Waals surface area contributed by atoms with Crippen LogP contribution in [0.4, 0.5) is 11.4 Å². The largest absolute Gasteiger partial charge is 0.323 e. The lowest BCUT2D eigenvalue weighted by atomic mass is 10.1. The van der Waals surface area contributed by atoms with Crippen LogP contribution in [0.1, 0.15) is 16.7 Å². The van der Waals surface area contributed by atoms with Crippen molar-refractivity contribution in [2.75, 3.05) is 5.32 Å². The number of anilines is 1. The van der Waals surface area contributed by atoms with Gasteiger partial charge in [-0.05, 0) is 48.7 Å². The van der Waals surface area contributed by atoms with E-state index in [0.29, 0.717) is 5.56 Å². The summed E-state index contributed by atoms with van der Waals surface area (Å²) in [5, 5.41) is 13.5. The molecule has 0 aliphatic heterocycles. The van der Waals surface area contributed by atoms with Crippen LogP contribution in [-0.4, -0.2) is 10.8 Å². The molecule has 0 aromatic heterocycles. The minimum Gasteiger partial charge on any atom is -0.323 e. The molecule has 22 heavy (non-hydrogen) atoms. The fourth-order valence-electron chi connectivity index (χ4n) is 1.92. The number of nitro benzene ring substituents is 1. The van der Waals surface area contributed by atoms with E-state index in [9.17, 15) is 14.9 Å². The first-order chi connectivity index (χ1) is 10.5. The molecule has 5 nitrogen and oxygen atoms in total. The molecule has 5 heteroatoms. The Morgan fingerprint density at radius 2 is 1.91 bits per heavy atom. The lowest BCUT2D eigenvalue weighted by Crippen LogP contribution is -2.07. The molecular formula is C17H16N2O3. The van der Waals surface area contributed by atoms with E-state index in [4.69, 9.17) is 0 Å². The van der Waals surface area contributed by atoms with E-state index in [1.807, 2.05) is 32.0 Å². The van der Waals surface area contributed by atoms with Crippen molar-refractivity contribution in [1.82, 2.24) is 0 Å². The van der Waals surface area contributed by atoms with Crippen LogP contribution in [0.15, 0.2) is 48.5 Å². The number of carbonyl (C=O) groups excluding carboxylic acids is 1. The number of hydrogen-bond donors (Lipinski definition) is 1. The number of benzene rings is 2. The van der Waals surface area contributed by atoms with Gasteiger partial charge < -0.3 is 5.32 Å². The van der Waals surface area contributed by atoms with Gasteiger partial charge in [0.2, 0.25) is 5.91 Å². The normalized spacial score (nSPS) is 10.6. The first kappa shape index (κ1) is 15.4. The summed E-state index contributed by atoms with van der Waals surface area (Å²) in [4.78, 5) is 22.1. The fourth-order valence-corrected chi connectivity index (χ4v) is 1.92. The van der Waals surface area contributed by atoms with E-state index in [0.717, 1.165) is 16.8 Å². The molecule has 2 rings (SSSR count). The molecule has 0 radical (unpaired) electrons. The highest BCUT2D eigenvalue weighted by Gasteiger charge is 2.04. The Kier molecular flexibility index (Phi) is 4.68. The highest BCUT2D eigenvalue weighted by atomic mass is 16.6. The third kappa shape index (κ3) is 4.02. The van der Waals surface area contributed by atoms with Crippen LogP contribution in [0.25, 0.3) is 6.08 Å². The van der Waals surface area contributed by atoms with Gasteiger partial charge in [-0.1, -0.05) is 18.2 Å². The van der Waals surface area contributed by atoms with Crippen LogP contribution in [0.3, 0.4) is 0 Å². The van der Waals surface area contributed by atoms with Crippen LogP contribution >= 0.6 is 0 Å². The Balaban J connectivity index is 2.06. The number of rotatable bonds is 4. The lowest BCUT2D eigenvalue weighted by molar-refractivity contribution is -0.384. The van der Waals surface area contributed by atoms with Gasteiger partial charge in [0.05, 0.1) is 4.92 Å². The van der Waals surface area contributed by atoms with Gasteiger partial charge in [0.15, 0.2) is 0 Å². The van der Waals surface area contributed by atoms with E-state index in [1.165, 1.54) is 18.2 Å². The van der Waals surface area contributed by atoms with E-state index in [-0.39, 0.29) is 11.6 Å². The number of nitrogens with one attached hydrogen (secondary N) is 1.